The molecule has 0 aliphatic carbocycles. The van der Waals surface area contributed by atoms with Gasteiger partial charge < -0.3 is 19.8 Å². The molecule has 0 bridgehead atoms. The summed E-state index contributed by atoms with van der Waals surface area (Å²) < 4.78 is 0. The predicted octanol–water partition coefficient (Wildman–Crippen LogP) is -0.125. The maximum Gasteiger partial charge on any atom is 0.0678 e. The Bertz CT molecular complexity index is 270. The van der Waals surface area contributed by atoms with Crippen molar-refractivity contribution < 1.29 is 19.8 Å². The van der Waals surface area contributed by atoms with Gasteiger partial charge in [-0.05, 0) is 35.8 Å². The fourth-order valence-electron chi connectivity index (χ4n) is 1.48. The first-order chi connectivity index (χ1) is 7.25. The second-order valence-corrected chi connectivity index (χ2v) is 4.73. The van der Waals surface area contributed by atoms with Crippen molar-refractivity contribution >= 4 is 11.9 Å². The lowest BCUT2D eigenvalue weighted by molar-refractivity contribution is -0.304. The summed E-state index contributed by atoms with van der Waals surface area (Å²) >= 11 is 0. The quantitative estimate of drug-likeness (QED) is 0.591. The Hall–Kier alpha value is -1.32. The van der Waals surface area contributed by atoms with Crippen molar-refractivity contribution in [2.75, 3.05) is 0 Å². The first-order valence-corrected chi connectivity index (χ1v) is 5.40. The van der Waals surface area contributed by atoms with Crippen molar-refractivity contribution in [3.8, 4) is 0 Å². The van der Waals surface area contributed by atoms with E-state index in [9.17, 15) is 19.8 Å². The summed E-state index contributed by atoms with van der Waals surface area (Å²) in [7, 11) is 0. The number of hydrogen-bond acceptors (Lipinski definition) is 4. The zero-order valence-corrected chi connectivity index (χ0v) is 10.2. The van der Waals surface area contributed by atoms with Gasteiger partial charge in [0.25, 0.3) is 0 Å². The number of carboxylic acids is 2. The number of carbonyl (C=O) groups excluding carboxylic acids is 2. The van der Waals surface area contributed by atoms with Crippen LogP contribution in [0.2, 0.25) is 0 Å². The second kappa shape index (κ2) is 6.30. The van der Waals surface area contributed by atoms with E-state index in [-0.39, 0.29) is 35.8 Å². The van der Waals surface area contributed by atoms with E-state index < -0.39 is 11.9 Å². The van der Waals surface area contributed by atoms with Crippen LogP contribution >= 0.6 is 0 Å². The zero-order valence-electron chi connectivity index (χ0n) is 10.2. The van der Waals surface area contributed by atoms with E-state index in [0.29, 0.717) is 0 Å². The van der Waals surface area contributed by atoms with E-state index in [2.05, 4.69) is 0 Å². The summed E-state index contributed by atoms with van der Waals surface area (Å²) in [5.74, 6) is -2.69. The molecule has 0 N–H and O–H groups in total. The van der Waals surface area contributed by atoms with E-state index in [1.807, 2.05) is 27.7 Å². The van der Waals surface area contributed by atoms with Crippen molar-refractivity contribution in [3.63, 3.8) is 0 Å². The summed E-state index contributed by atoms with van der Waals surface area (Å²) in [4.78, 5) is 21.8. The lowest BCUT2D eigenvalue weighted by atomic mass is 9.93. The first kappa shape index (κ1) is 14.7. The number of aliphatic carboxylic acids is 2. The Morgan fingerprint density at radius 3 is 1.19 bits per heavy atom. The van der Waals surface area contributed by atoms with E-state index in [4.69, 9.17) is 0 Å². The lowest BCUT2D eigenvalue weighted by Gasteiger charge is -2.20. The molecule has 0 unspecified atom stereocenters. The highest BCUT2D eigenvalue weighted by atomic mass is 16.4. The average molecular weight is 226 g/mol. The van der Waals surface area contributed by atoms with Gasteiger partial charge >= 0.3 is 0 Å². The Morgan fingerprint density at radius 2 is 1.06 bits per heavy atom. The molecule has 0 saturated heterocycles. The topological polar surface area (TPSA) is 80.3 Å². The zero-order chi connectivity index (χ0) is 12.9. The summed E-state index contributed by atoms with van der Waals surface area (Å²) in [5.41, 5.74) is -0.271. The molecular weight excluding hydrogens is 208 g/mol. The van der Waals surface area contributed by atoms with Gasteiger partial charge in [-0.1, -0.05) is 27.7 Å². The minimum Gasteiger partial charge on any atom is -0.545 e. The van der Waals surface area contributed by atoms with Gasteiger partial charge in [-0.25, -0.2) is 0 Å². The van der Waals surface area contributed by atoms with Crippen LogP contribution in [-0.2, 0) is 9.59 Å². The van der Waals surface area contributed by atoms with E-state index in [1.165, 1.54) is 0 Å². The maximum absolute atomic E-state index is 10.9. The van der Waals surface area contributed by atoms with Gasteiger partial charge in [-0.3, -0.25) is 0 Å². The lowest BCUT2D eigenvalue weighted by Crippen LogP contribution is -2.33. The largest absolute Gasteiger partial charge is 0.545 e. The number of carboxylic acid groups (broad SMARTS) is 2. The molecule has 0 rings (SSSR count). The molecule has 92 valence electrons. The third-order valence-electron chi connectivity index (χ3n) is 2.08. The summed E-state index contributed by atoms with van der Waals surface area (Å²) in [6, 6.07) is 0. The Kier molecular flexibility index (Phi) is 5.78. The SMILES string of the molecule is CC(C)C/C(C(=O)[O-])=C(\CC(C)C)C(=O)[O-]. The van der Waals surface area contributed by atoms with Crippen LogP contribution in [0.15, 0.2) is 11.1 Å². The number of hydrogen-bond donors (Lipinski definition) is 0. The molecule has 0 atom stereocenters. The predicted molar refractivity (Wildman–Crippen MR) is 56.0 cm³/mol. The molecule has 0 spiro atoms. The van der Waals surface area contributed by atoms with Crippen LogP contribution in [0.1, 0.15) is 40.5 Å². The van der Waals surface area contributed by atoms with Crippen molar-refractivity contribution in [3.05, 3.63) is 11.1 Å². The van der Waals surface area contributed by atoms with Gasteiger partial charge in [0.05, 0.1) is 11.9 Å². The molecule has 0 aliphatic heterocycles. The third-order valence-corrected chi connectivity index (χ3v) is 2.08. The molecule has 0 aliphatic rings. The van der Waals surface area contributed by atoms with Crippen LogP contribution < -0.4 is 10.2 Å². The van der Waals surface area contributed by atoms with E-state index in [0.717, 1.165) is 0 Å². The van der Waals surface area contributed by atoms with Crippen LogP contribution in [0.4, 0.5) is 0 Å². The van der Waals surface area contributed by atoms with Crippen molar-refractivity contribution in [2.24, 2.45) is 11.8 Å². The Morgan fingerprint density at radius 1 is 0.812 bits per heavy atom. The molecule has 0 radical (unpaired) electrons. The first-order valence-electron chi connectivity index (χ1n) is 5.40. The summed E-state index contributed by atoms with van der Waals surface area (Å²) in [5, 5.41) is 21.8. The highest BCUT2D eigenvalue weighted by molar-refractivity contribution is 5.97. The Labute approximate surface area is 96.0 Å². The molecule has 4 nitrogen and oxygen atoms in total. The number of rotatable bonds is 6. The summed E-state index contributed by atoms with van der Waals surface area (Å²) in [6.07, 6.45) is 0.386. The van der Waals surface area contributed by atoms with Gasteiger partial charge in [0.2, 0.25) is 0 Å². The molecular formula is C12H18O4-2. The van der Waals surface area contributed by atoms with E-state index in [1.54, 1.807) is 0 Å². The van der Waals surface area contributed by atoms with E-state index >= 15 is 0 Å². The van der Waals surface area contributed by atoms with Crippen molar-refractivity contribution in [1.29, 1.82) is 0 Å². The fraction of sp³-hybridized carbons (Fsp3) is 0.667. The molecule has 0 heterocycles. The van der Waals surface area contributed by atoms with Gasteiger partial charge in [0.15, 0.2) is 0 Å². The van der Waals surface area contributed by atoms with Gasteiger partial charge in [0.1, 0.15) is 0 Å². The highest BCUT2D eigenvalue weighted by Gasteiger charge is 2.12. The molecule has 0 fully saturated rings. The maximum atomic E-state index is 10.9. The van der Waals surface area contributed by atoms with Crippen LogP contribution in [0.25, 0.3) is 0 Å². The number of carbonyl (C=O) groups is 2. The third kappa shape index (κ3) is 4.96. The minimum atomic E-state index is -1.41. The molecule has 0 aromatic carbocycles. The van der Waals surface area contributed by atoms with Gasteiger partial charge in [0, 0.05) is 0 Å². The standard InChI is InChI=1S/C12H20O4/c1-7(2)5-9(11(13)14)10(12(15)16)6-8(3)4/h7-8H,5-6H2,1-4H3,(H,13,14)(H,15,16)/p-2/b10-9-. The fourth-order valence-corrected chi connectivity index (χ4v) is 1.48. The van der Waals surface area contributed by atoms with Crippen LogP contribution in [-0.4, -0.2) is 11.9 Å². The molecule has 0 amide bonds. The monoisotopic (exact) mass is 226 g/mol. The molecule has 0 aromatic rings. The highest BCUT2D eigenvalue weighted by Crippen LogP contribution is 2.20. The average Bonchev–Trinajstić information content (AvgIpc) is 2.09. The van der Waals surface area contributed by atoms with Gasteiger partial charge in [-0.15, -0.1) is 0 Å². The van der Waals surface area contributed by atoms with Crippen molar-refractivity contribution in [2.45, 2.75) is 40.5 Å². The normalized spacial score (nSPS) is 12.9. The van der Waals surface area contributed by atoms with Crippen LogP contribution in [0, 0.1) is 11.8 Å². The Balaban J connectivity index is 5.26. The summed E-state index contributed by atoms with van der Waals surface area (Å²) in [6.45, 7) is 7.30. The molecule has 4 heteroatoms. The second-order valence-electron chi connectivity index (χ2n) is 4.73. The smallest absolute Gasteiger partial charge is 0.0678 e. The van der Waals surface area contributed by atoms with Crippen molar-refractivity contribution in [1.82, 2.24) is 0 Å². The molecule has 0 aromatic heterocycles. The van der Waals surface area contributed by atoms with Crippen LogP contribution in [0.5, 0.6) is 0 Å². The molecule has 16 heavy (non-hydrogen) atoms. The molecule has 0 saturated carbocycles. The van der Waals surface area contributed by atoms with Crippen LogP contribution in [0.3, 0.4) is 0 Å². The van der Waals surface area contributed by atoms with Gasteiger partial charge in [-0.2, -0.15) is 0 Å². The minimum absolute atomic E-state index is 0.0643.